The van der Waals surface area contributed by atoms with Crippen LogP contribution in [0.15, 0.2) is 71.8 Å². The third-order valence-electron chi connectivity index (χ3n) is 5.52. The molecule has 0 spiro atoms. The first-order valence-electron chi connectivity index (χ1n) is 11.0. The fourth-order valence-corrected chi connectivity index (χ4v) is 4.01. The number of aromatic nitrogens is 1. The monoisotopic (exact) mass is 437 g/mol. The van der Waals surface area contributed by atoms with Gasteiger partial charge in [-0.3, -0.25) is 4.79 Å². The maximum Gasteiger partial charge on any atom is 0.272 e. The van der Waals surface area contributed by atoms with Crippen molar-refractivity contribution in [3.63, 3.8) is 0 Å². The Bertz CT molecular complexity index is 1320. The SMILES string of the molecule is CCOc1ccc(-c2cc(C(=O)NN=Cc3c(C)cc(C)cc3C)c3ccccc3n2)cc1. The van der Waals surface area contributed by atoms with Gasteiger partial charge in [-0.2, -0.15) is 5.10 Å². The van der Waals surface area contributed by atoms with Gasteiger partial charge in [-0.15, -0.1) is 0 Å². The van der Waals surface area contributed by atoms with Crippen LogP contribution in [0, 0.1) is 20.8 Å². The van der Waals surface area contributed by atoms with Gasteiger partial charge < -0.3 is 4.74 Å². The first kappa shape index (κ1) is 22.2. The maximum atomic E-state index is 13.1. The zero-order valence-electron chi connectivity index (χ0n) is 19.3. The quantitative estimate of drug-likeness (QED) is 0.298. The molecule has 166 valence electrons. The molecule has 1 aromatic heterocycles. The molecule has 0 saturated heterocycles. The van der Waals surface area contributed by atoms with E-state index in [9.17, 15) is 4.79 Å². The van der Waals surface area contributed by atoms with E-state index in [0.29, 0.717) is 12.2 Å². The summed E-state index contributed by atoms with van der Waals surface area (Å²) in [4.78, 5) is 17.9. The normalized spacial score (nSPS) is 11.2. The standard InChI is InChI=1S/C28H27N3O2/c1-5-33-22-12-10-21(11-13-22)27-16-24(23-8-6-7-9-26(23)30-27)28(32)31-29-17-25-19(3)14-18(2)15-20(25)4/h6-17H,5H2,1-4H3,(H,31,32). The molecule has 4 aromatic rings. The average Bonchev–Trinajstić information content (AvgIpc) is 2.80. The van der Waals surface area contributed by atoms with Gasteiger partial charge >= 0.3 is 0 Å². The van der Waals surface area contributed by atoms with Gasteiger partial charge in [-0.25, -0.2) is 10.4 Å². The Kier molecular flexibility index (Phi) is 6.50. The highest BCUT2D eigenvalue weighted by atomic mass is 16.5. The van der Waals surface area contributed by atoms with Crippen molar-refractivity contribution in [3.05, 3.63) is 94.5 Å². The van der Waals surface area contributed by atoms with Gasteiger partial charge in [0.25, 0.3) is 5.91 Å². The van der Waals surface area contributed by atoms with E-state index in [2.05, 4.69) is 29.6 Å². The third kappa shape index (κ3) is 4.93. The summed E-state index contributed by atoms with van der Waals surface area (Å²) < 4.78 is 5.53. The number of hydrazone groups is 1. The van der Waals surface area contributed by atoms with Crippen molar-refractivity contribution in [2.24, 2.45) is 5.10 Å². The molecule has 5 heteroatoms. The van der Waals surface area contributed by atoms with Crippen LogP contribution < -0.4 is 10.2 Å². The number of para-hydroxylation sites is 1. The van der Waals surface area contributed by atoms with Gasteiger partial charge in [0, 0.05) is 16.5 Å². The van der Waals surface area contributed by atoms with Gasteiger partial charge in [0.15, 0.2) is 0 Å². The first-order valence-corrected chi connectivity index (χ1v) is 11.0. The van der Waals surface area contributed by atoms with Crippen molar-refractivity contribution >= 4 is 23.0 Å². The van der Waals surface area contributed by atoms with Gasteiger partial charge in [0.2, 0.25) is 0 Å². The summed E-state index contributed by atoms with van der Waals surface area (Å²) in [6.07, 6.45) is 1.71. The van der Waals surface area contributed by atoms with Crippen LogP contribution in [0.2, 0.25) is 0 Å². The molecule has 0 fully saturated rings. The van der Waals surface area contributed by atoms with E-state index in [4.69, 9.17) is 9.72 Å². The second-order valence-electron chi connectivity index (χ2n) is 8.04. The molecule has 5 nitrogen and oxygen atoms in total. The van der Waals surface area contributed by atoms with Crippen molar-refractivity contribution in [2.75, 3.05) is 6.61 Å². The number of benzene rings is 3. The van der Waals surface area contributed by atoms with Gasteiger partial charge in [0.05, 0.1) is 29.6 Å². The highest BCUT2D eigenvalue weighted by Gasteiger charge is 2.14. The third-order valence-corrected chi connectivity index (χ3v) is 5.52. The van der Waals surface area contributed by atoms with Gasteiger partial charge in [0.1, 0.15) is 5.75 Å². The number of aryl methyl sites for hydroxylation is 3. The zero-order chi connectivity index (χ0) is 23.4. The first-order chi connectivity index (χ1) is 16.0. The fraction of sp³-hybridized carbons (Fsp3) is 0.179. The summed E-state index contributed by atoms with van der Waals surface area (Å²) >= 11 is 0. The number of rotatable bonds is 6. The van der Waals surface area contributed by atoms with Crippen LogP contribution in [0.5, 0.6) is 5.75 Å². The summed E-state index contributed by atoms with van der Waals surface area (Å²) in [7, 11) is 0. The number of nitrogens with one attached hydrogen (secondary N) is 1. The Labute approximate surface area is 194 Å². The van der Waals surface area contributed by atoms with Crippen molar-refractivity contribution in [3.8, 4) is 17.0 Å². The lowest BCUT2D eigenvalue weighted by molar-refractivity contribution is 0.0956. The Morgan fingerprint density at radius 3 is 2.39 bits per heavy atom. The zero-order valence-corrected chi connectivity index (χ0v) is 19.3. The molecule has 0 radical (unpaired) electrons. The number of carbonyl (C=O) groups is 1. The molecule has 0 aliphatic heterocycles. The minimum atomic E-state index is -0.278. The lowest BCUT2D eigenvalue weighted by Crippen LogP contribution is -2.18. The van der Waals surface area contributed by atoms with Crippen molar-refractivity contribution in [1.29, 1.82) is 0 Å². The van der Waals surface area contributed by atoms with Crippen LogP contribution in [-0.4, -0.2) is 23.7 Å². The highest BCUT2D eigenvalue weighted by Crippen LogP contribution is 2.26. The number of pyridine rings is 1. The molecule has 3 aromatic carbocycles. The number of hydrogen-bond donors (Lipinski definition) is 1. The number of hydrogen-bond acceptors (Lipinski definition) is 4. The molecule has 0 bridgehead atoms. The predicted octanol–water partition coefficient (Wildman–Crippen LogP) is 5.99. The molecule has 0 aliphatic carbocycles. The summed E-state index contributed by atoms with van der Waals surface area (Å²) in [5.41, 5.74) is 10.1. The molecule has 0 atom stereocenters. The van der Waals surface area contributed by atoms with Crippen LogP contribution in [0.4, 0.5) is 0 Å². The van der Waals surface area contributed by atoms with Crippen molar-refractivity contribution in [2.45, 2.75) is 27.7 Å². The van der Waals surface area contributed by atoms with E-state index >= 15 is 0 Å². The van der Waals surface area contributed by atoms with Gasteiger partial charge in [-0.05, 0) is 75.2 Å². The van der Waals surface area contributed by atoms with Crippen LogP contribution in [-0.2, 0) is 0 Å². The smallest absolute Gasteiger partial charge is 0.272 e. The van der Waals surface area contributed by atoms with E-state index < -0.39 is 0 Å². The molecule has 0 aliphatic rings. The summed E-state index contributed by atoms with van der Waals surface area (Å²) in [6, 6.07) is 21.4. The Morgan fingerprint density at radius 1 is 1.00 bits per heavy atom. The Hall–Kier alpha value is -3.99. The molecule has 1 amide bonds. The second kappa shape index (κ2) is 9.65. The minimum Gasteiger partial charge on any atom is -0.494 e. The van der Waals surface area contributed by atoms with E-state index in [1.54, 1.807) is 6.21 Å². The lowest BCUT2D eigenvalue weighted by atomic mass is 10.0. The molecule has 33 heavy (non-hydrogen) atoms. The number of nitrogens with zero attached hydrogens (tertiary/aromatic N) is 2. The van der Waals surface area contributed by atoms with Crippen molar-refractivity contribution in [1.82, 2.24) is 10.4 Å². The van der Waals surface area contributed by atoms with Crippen LogP contribution >= 0.6 is 0 Å². The summed E-state index contributed by atoms with van der Waals surface area (Å²) in [5.74, 6) is 0.524. The van der Waals surface area contributed by atoms with E-state index in [0.717, 1.165) is 44.6 Å². The fourth-order valence-electron chi connectivity index (χ4n) is 4.01. The summed E-state index contributed by atoms with van der Waals surface area (Å²) in [6.45, 7) is 8.72. The van der Waals surface area contributed by atoms with Gasteiger partial charge in [-0.1, -0.05) is 35.9 Å². The molecule has 0 saturated carbocycles. The minimum absolute atomic E-state index is 0.278. The number of amides is 1. The highest BCUT2D eigenvalue weighted by molar-refractivity contribution is 6.07. The topological polar surface area (TPSA) is 63.6 Å². The average molecular weight is 438 g/mol. The van der Waals surface area contributed by atoms with E-state index in [1.165, 1.54) is 5.56 Å². The van der Waals surface area contributed by atoms with E-state index in [1.807, 2.05) is 75.4 Å². The molecular weight excluding hydrogens is 410 g/mol. The number of ether oxygens (including phenoxy) is 1. The molecule has 1 N–H and O–H groups in total. The van der Waals surface area contributed by atoms with Crippen LogP contribution in [0.1, 0.15) is 39.5 Å². The van der Waals surface area contributed by atoms with E-state index in [-0.39, 0.29) is 5.91 Å². The summed E-state index contributed by atoms with van der Waals surface area (Å²) in [5, 5.41) is 5.03. The largest absolute Gasteiger partial charge is 0.494 e. The van der Waals surface area contributed by atoms with Crippen molar-refractivity contribution < 1.29 is 9.53 Å². The molecular formula is C28H27N3O2. The number of fused-ring (bicyclic) bond motifs is 1. The Balaban J connectivity index is 1.66. The number of carbonyl (C=O) groups excluding carboxylic acids is 1. The van der Waals surface area contributed by atoms with Crippen LogP contribution in [0.3, 0.4) is 0 Å². The molecule has 0 unspecified atom stereocenters. The second-order valence-corrected chi connectivity index (χ2v) is 8.04. The maximum absolute atomic E-state index is 13.1. The molecule has 1 heterocycles. The predicted molar refractivity (Wildman–Crippen MR) is 134 cm³/mol. The van der Waals surface area contributed by atoms with Crippen LogP contribution in [0.25, 0.3) is 22.2 Å². The lowest BCUT2D eigenvalue weighted by Gasteiger charge is -2.10. The molecule has 4 rings (SSSR count). The Morgan fingerprint density at radius 2 is 1.70 bits per heavy atom.